The van der Waals surface area contributed by atoms with Gasteiger partial charge in [0.2, 0.25) is 5.91 Å². The lowest BCUT2D eigenvalue weighted by atomic mass is 9.99. The smallest absolute Gasteiger partial charge is 0.318 e. The van der Waals surface area contributed by atoms with E-state index in [0.717, 1.165) is 69.1 Å². The van der Waals surface area contributed by atoms with E-state index in [1.165, 1.54) is 28.1 Å². The zero-order valence-corrected chi connectivity index (χ0v) is 27.1. The third-order valence-corrected chi connectivity index (χ3v) is 10.5. The number of hydrogen-bond donors (Lipinski definition) is 0. The molecule has 46 heavy (non-hydrogen) atoms. The van der Waals surface area contributed by atoms with Crippen LogP contribution in [0.3, 0.4) is 0 Å². The van der Waals surface area contributed by atoms with Crippen LogP contribution >= 0.6 is 0 Å². The number of likely N-dealkylation sites (N-methyl/N-ethyl adjacent to an activating group) is 1. The molecule has 3 aliphatic heterocycles. The van der Waals surface area contributed by atoms with Gasteiger partial charge in [-0.1, -0.05) is 36.9 Å². The van der Waals surface area contributed by atoms with E-state index in [1.54, 1.807) is 4.90 Å². The fourth-order valence-electron chi connectivity index (χ4n) is 7.60. The number of carbonyl (C=O) groups is 1. The van der Waals surface area contributed by atoms with Crippen LogP contribution in [0.2, 0.25) is 0 Å². The minimum Gasteiger partial charge on any atom is -0.461 e. The molecule has 0 spiro atoms. The first-order valence-electron chi connectivity index (χ1n) is 16.6. The van der Waals surface area contributed by atoms with Crippen molar-refractivity contribution in [2.75, 3.05) is 75.8 Å². The Morgan fingerprint density at radius 3 is 2.59 bits per heavy atom. The molecule has 10 nitrogen and oxygen atoms in total. The first-order chi connectivity index (χ1) is 22.4. The van der Waals surface area contributed by atoms with Crippen molar-refractivity contribution in [3.8, 4) is 12.1 Å². The van der Waals surface area contributed by atoms with Crippen LogP contribution in [0.15, 0.2) is 49.1 Å². The van der Waals surface area contributed by atoms with E-state index in [1.807, 2.05) is 0 Å². The molecule has 1 aliphatic carbocycles. The zero-order chi connectivity index (χ0) is 31.8. The number of fused-ring (bicyclic) bond motifs is 2. The maximum atomic E-state index is 12.6. The van der Waals surface area contributed by atoms with Crippen LogP contribution in [0.25, 0.3) is 10.8 Å². The quantitative estimate of drug-likeness (QED) is 0.349. The number of nitrogens with zero attached hydrogens (tertiary/aromatic N) is 8. The predicted octanol–water partition coefficient (Wildman–Crippen LogP) is 3.78. The summed E-state index contributed by atoms with van der Waals surface area (Å²) < 4.78 is 6.54. The van der Waals surface area contributed by atoms with Crippen molar-refractivity contribution < 1.29 is 9.53 Å². The van der Waals surface area contributed by atoms with Gasteiger partial charge in [0.05, 0.1) is 36.3 Å². The van der Waals surface area contributed by atoms with Crippen molar-refractivity contribution in [3.05, 3.63) is 65.9 Å². The van der Waals surface area contributed by atoms with Gasteiger partial charge in [-0.05, 0) is 56.3 Å². The summed E-state index contributed by atoms with van der Waals surface area (Å²) in [6, 6.07) is 15.5. The van der Waals surface area contributed by atoms with Crippen molar-refractivity contribution in [1.29, 1.82) is 5.26 Å². The lowest BCUT2D eigenvalue weighted by Crippen LogP contribution is -2.55. The maximum Gasteiger partial charge on any atom is 0.318 e. The van der Waals surface area contributed by atoms with Crippen molar-refractivity contribution in [2.45, 2.75) is 50.7 Å². The molecule has 7 rings (SSSR count). The summed E-state index contributed by atoms with van der Waals surface area (Å²) in [6.07, 6.45) is 4.67. The lowest BCUT2D eigenvalue weighted by Gasteiger charge is -2.42. The molecule has 3 aromatic rings. The monoisotopic (exact) mass is 620 g/mol. The minimum absolute atomic E-state index is 0.0712. The molecule has 2 saturated heterocycles. The van der Waals surface area contributed by atoms with E-state index in [4.69, 9.17) is 14.7 Å². The Kier molecular flexibility index (Phi) is 8.30. The second-order valence-electron chi connectivity index (χ2n) is 13.4. The van der Waals surface area contributed by atoms with Gasteiger partial charge in [0.25, 0.3) is 0 Å². The van der Waals surface area contributed by atoms with Crippen LogP contribution in [-0.4, -0.2) is 108 Å². The predicted molar refractivity (Wildman–Crippen MR) is 180 cm³/mol. The molecule has 0 unspecified atom stereocenters. The van der Waals surface area contributed by atoms with Crippen LogP contribution in [0.4, 0.5) is 11.5 Å². The highest BCUT2D eigenvalue weighted by Gasteiger charge is 2.49. The third kappa shape index (κ3) is 5.78. The molecule has 4 aliphatic rings. The number of carbonyl (C=O) groups excluding carboxylic acids is 1. The summed E-state index contributed by atoms with van der Waals surface area (Å²) in [5.74, 6) is 0.750. The van der Waals surface area contributed by atoms with E-state index in [-0.39, 0.29) is 23.9 Å². The van der Waals surface area contributed by atoms with E-state index >= 15 is 0 Å². The minimum atomic E-state index is -0.232. The number of ether oxygens (including phenoxy) is 1. The second kappa shape index (κ2) is 12.5. The molecule has 1 saturated carbocycles. The van der Waals surface area contributed by atoms with E-state index in [9.17, 15) is 10.1 Å². The number of benzene rings is 2. The molecule has 1 amide bonds. The average molecular weight is 621 g/mol. The first-order valence-corrected chi connectivity index (χ1v) is 16.6. The molecule has 10 heteroatoms. The van der Waals surface area contributed by atoms with Crippen molar-refractivity contribution in [1.82, 2.24) is 24.7 Å². The molecule has 0 radical (unpaired) electrons. The number of anilines is 2. The number of piperazine rings is 2. The van der Waals surface area contributed by atoms with E-state index in [2.05, 4.69) is 82.6 Å². The molecule has 1 aromatic heterocycles. The number of amides is 1. The molecule has 3 fully saturated rings. The highest BCUT2D eigenvalue weighted by molar-refractivity contribution is 5.97. The highest BCUT2D eigenvalue weighted by Crippen LogP contribution is 2.43. The Morgan fingerprint density at radius 2 is 1.85 bits per heavy atom. The molecular weight excluding hydrogens is 576 g/mol. The van der Waals surface area contributed by atoms with Crippen LogP contribution in [0.1, 0.15) is 36.1 Å². The standard InChI is InChI=1S/C36H44N8O2/c1-4-32(45)44-22-19-42(23-28(44)11-15-37)34-29-12-16-41(31-10-6-9-27-8-5-7-26(2)33(27)31)24-30(29)38-35(39-34)46-25-36(13-14-36)43-20-17-40(3)18-21-43/h4-10,28H,1,11-14,16-25H2,2-3H3/t28-/m0/s1. The van der Waals surface area contributed by atoms with Crippen LogP contribution in [0.5, 0.6) is 6.01 Å². The van der Waals surface area contributed by atoms with Crippen molar-refractivity contribution in [3.63, 3.8) is 0 Å². The fraction of sp³-hybridized carbons (Fsp3) is 0.500. The number of nitriles is 1. The molecular formula is C36H44N8O2. The number of aromatic nitrogens is 2. The van der Waals surface area contributed by atoms with Gasteiger partial charge >= 0.3 is 6.01 Å². The Morgan fingerprint density at radius 1 is 1.07 bits per heavy atom. The van der Waals surface area contributed by atoms with Gasteiger partial charge in [-0.25, -0.2) is 0 Å². The van der Waals surface area contributed by atoms with Crippen LogP contribution < -0.4 is 14.5 Å². The summed E-state index contributed by atoms with van der Waals surface area (Å²) in [7, 11) is 2.19. The van der Waals surface area contributed by atoms with Gasteiger partial charge in [-0.2, -0.15) is 15.2 Å². The van der Waals surface area contributed by atoms with Gasteiger partial charge in [-0.15, -0.1) is 0 Å². The third-order valence-electron chi connectivity index (χ3n) is 10.5. The van der Waals surface area contributed by atoms with E-state index < -0.39 is 0 Å². The van der Waals surface area contributed by atoms with E-state index in [0.29, 0.717) is 38.8 Å². The summed E-state index contributed by atoms with van der Waals surface area (Å²) in [6.45, 7) is 13.9. The number of hydrogen-bond acceptors (Lipinski definition) is 9. The number of aryl methyl sites for hydroxylation is 1. The highest BCUT2D eigenvalue weighted by atomic mass is 16.5. The van der Waals surface area contributed by atoms with Crippen molar-refractivity contribution >= 4 is 28.2 Å². The Hall–Kier alpha value is -4.20. The maximum absolute atomic E-state index is 12.6. The Bertz CT molecular complexity index is 1670. The van der Waals surface area contributed by atoms with Gasteiger partial charge in [0, 0.05) is 69.0 Å². The van der Waals surface area contributed by atoms with Crippen LogP contribution in [0, 0.1) is 18.3 Å². The summed E-state index contributed by atoms with van der Waals surface area (Å²) in [5.41, 5.74) is 4.69. The largest absolute Gasteiger partial charge is 0.461 e. The topological polar surface area (TPSA) is 92.1 Å². The van der Waals surface area contributed by atoms with Gasteiger partial charge in [-0.3, -0.25) is 9.69 Å². The molecule has 0 N–H and O–H groups in total. The van der Waals surface area contributed by atoms with Gasteiger partial charge in [0.15, 0.2) is 0 Å². The van der Waals surface area contributed by atoms with Crippen LogP contribution in [-0.2, 0) is 17.8 Å². The molecule has 240 valence electrons. The molecule has 1 atom stereocenters. The summed E-state index contributed by atoms with van der Waals surface area (Å²) >= 11 is 0. The molecule has 2 aromatic carbocycles. The Balaban J connectivity index is 1.20. The Labute approximate surface area is 271 Å². The SMILES string of the molecule is C=CC(=O)N1CCN(c2nc(OCC3(N4CCN(C)CC4)CC3)nc3c2CCN(c2cccc4cccc(C)c24)C3)C[C@@H]1CC#N. The lowest BCUT2D eigenvalue weighted by molar-refractivity contribution is -0.128. The second-order valence-corrected chi connectivity index (χ2v) is 13.4. The zero-order valence-electron chi connectivity index (χ0n) is 27.1. The molecule has 4 heterocycles. The van der Waals surface area contributed by atoms with Crippen molar-refractivity contribution in [2.24, 2.45) is 0 Å². The van der Waals surface area contributed by atoms with Gasteiger partial charge in [0.1, 0.15) is 12.4 Å². The molecule has 0 bridgehead atoms. The normalized spacial score (nSPS) is 21.5. The first kappa shape index (κ1) is 30.5. The fourth-order valence-corrected chi connectivity index (χ4v) is 7.60. The van der Waals surface area contributed by atoms with Gasteiger partial charge < -0.3 is 24.3 Å². The summed E-state index contributed by atoms with van der Waals surface area (Å²) in [4.78, 5) is 34.2. The summed E-state index contributed by atoms with van der Waals surface area (Å²) in [5, 5.41) is 12.1. The number of rotatable bonds is 8. The average Bonchev–Trinajstić information content (AvgIpc) is 3.88.